The van der Waals surface area contributed by atoms with E-state index in [1.54, 1.807) is 20.1 Å². The zero-order chi connectivity index (χ0) is 16.2. The number of fused-ring (bicyclic) bond motifs is 1. The van der Waals surface area contributed by atoms with Gasteiger partial charge in [0.1, 0.15) is 11.5 Å². The number of hydrogen-bond acceptors (Lipinski definition) is 3. The van der Waals surface area contributed by atoms with E-state index in [-0.39, 0.29) is 5.91 Å². The Morgan fingerprint density at radius 1 is 1.09 bits per heavy atom. The van der Waals surface area contributed by atoms with Crippen LogP contribution in [-0.4, -0.2) is 30.6 Å². The molecule has 0 radical (unpaired) electrons. The van der Waals surface area contributed by atoms with Crippen molar-refractivity contribution in [1.29, 1.82) is 0 Å². The van der Waals surface area contributed by atoms with Gasteiger partial charge in [-0.05, 0) is 36.6 Å². The number of amides is 1. The molecule has 0 fully saturated rings. The summed E-state index contributed by atoms with van der Waals surface area (Å²) in [5.41, 5.74) is 2.55. The van der Waals surface area contributed by atoms with Crippen molar-refractivity contribution in [3.63, 3.8) is 0 Å². The topological polar surface area (TPSA) is 38.8 Å². The van der Waals surface area contributed by atoms with Gasteiger partial charge in [0.05, 0.1) is 7.11 Å². The SMILES string of the molecule is COc1cccc(O[C@@H](C)C(=O)N2CCc3ccccc3C2)c1. The number of carbonyl (C=O) groups excluding carboxylic acids is 1. The number of nitrogens with zero attached hydrogens (tertiary/aromatic N) is 1. The Balaban J connectivity index is 1.66. The second-order valence-electron chi connectivity index (χ2n) is 5.72. The molecule has 120 valence electrons. The van der Waals surface area contributed by atoms with Crippen LogP contribution in [-0.2, 0) is 17.8 Å². The lowest BCUT2D eigenvalue weighted by molar-refractivity contribution is -0.138. The average Bonchev–Trinajstić information content (AvgIpc) is 2.60. The summed E-state index contributed by atoms with van der Waals surface area (Å²) in [5.74, 6) is 1.37. The van der Waals surface area contributed by atoms with E-state index in [4.69, 9.17) is 9.47 Å². The van der Waals surface area contributed by atoms with Crippen molar-refractivity contribution in [1.82, 2.24) is 4.90 Å². The molecule has 1 amide bonds. The fourth-order valence-corrected chi connectivity index (χ4v) is 2.87. The van der Waals surface area contributed by atoms with Crippen LogP contribution in [0.15, 0.2) is 48.5 Å². The average molecular weight is 311 g/mol. The second-order valence-corrected chi connectivity index (χ2v) is 5.72. The van der Waals surface area contributed by atoms with Gasteiger partial charge in [0, 0.05) is 19.2 Å². The van der Waals surface area contributed by atoms with Gasteiger partial charge in [0.25, 0.3) is 5.91 Å². The minimum atomic E-state index is -0.521. The summed E-state index contributed by atoms with van der Waals surface area (Å²) in [7, 11) is 1.61. The number of rotatable bonds is 4. The van der Waals surface area contributed by atoms with Crippen LogP contribution in [0.3, 0.4) is 0 Å². The van der Waals surface area contributed by atoms with Gasteiger partial charge in [0.15, 0.2) is 6.10 Å². The van der Waals surface area contributed by atoms with E-state index in [2.05, 4.69) is 12.1 Å². The third kappa shape index (κ3) is 3.47. The summed E-state index contributed by atoms with van der Waals surface area (Å²) in [6.45, 7) is 3.19. The lowest BCUT2D eigenvalue weighted by Gasteiger charge is -2.31. The highest BCUT2D eigenvalue weighted by molar-refractivity contribution is 5.81. The maximum absolute atomic E-state index is 12.6. The minimum Gasteiger partial charge on any atom is -0.497 e. The molecule has 2 aromatic carbocycles. The molecule has 4 nitrogen and oxygen atoms in total. The summed E-state index contributed by atoms with van der Waals surface area (Å²) in [5, 5.41) is 0. The highest BCUT2D eigenvalue weighted by Crippen LogP contribution is 2.22. The summed E-state index contributed by atoms with van der Waals surface area (Å²) >= 11 is 0. The number of benzene rings is 2. The third-order valence-corrected chi connectivity index (χ3v) is 4.14. The molecule has 0 saturated heterocycles. The van der Waals surface area contributed by atoms with Crippen molar-refractivity contribution in [3.05, 3.63) is 59.7 Å². The molecule has 0 spiro atoms. The van der Waals surface area contributed by atoms with Gasteiger partial charge in [-0.3, -0.25) is 4.79 Å². The zero-order valence-electron chi connectivity index (χ0n) is 13.5. The minimum absolute atomic E-state index is 0.0160. The molecule has 1 aliphatic heterocycles. The van der Waals surface area contributed by atoms with E-state index in [0.717, 1.165) is 13.0 Å². The lowest BCUT2D eigenvalue weighted by atomic mass is 9.99. The van der Waals surface area contributed by atoms with Crippen LogP contribution in [0.25, 0.3) is 0 Å². The van der Waals surface area contributed by atoms with Crippen molar-refractivity contribution in [3.8, 4) is 11.5 Å². The van der Waals surface area contributed by atoms with E-state index < -0.39 is 6.10 Å². The largest absolute Gasteiger partial charge is 0.497 e. The molecule has 0 N–H and O–H groups in total. The van der Waals surface area contributed by atoms with E-state index in [1.165, 1.54) is 11.1 Å². The number of ether oxygens (including phenoxy) is 2. The molecule has 2 aromatic rings. The molecule has 0 bridgehead atoms. The van der Waals surface area contributed by atoms with Crippen molar-refractivity contribution in [2.24, 2.45) is 0 Å². The zero-order valence-corrected chi connectivity index (χ0v) is 13.5. The van der Waals surface area contributed by atoms with Crippen LogP contribution in [0.1, 0.15) is 18.1 Å². The van der Waals surface area contributed by atoms with E-state index in [9.17, 15) is 4.79 Å². The number of methoxy groups -OCH3 is 1. The predicted octanol–water partition coefficient (Wildman–Crippen LogP) is 3.05. The van der Waals surface area contributed by atoms with Gasteiger partial charge in [-0.15, -0.1) is 0 Å². The van der Waals surface area contributed by atoms with Gasteiger partial charge in [-0.2, -0.15) is 0 Å². The fourth-order valence-electron chi connectivity index (χ4n) is 2.87. The summed E-state index contributed by atoms with van der Waals surface area (Å²) in [6.07, 6.45) is 0.376. The quantitative estimate of drug-likeness (QED) is 0.871. The number of carbonyl (C=O) groups is 1. The summed E-state index contributed by atoms with van der Waals surface area (Å²) in [6, 6.07) is 15.6. The molecule has 23 heavy (non-hydrogen) atoms. The van der Waals surface area contributed by atoms with E-state index in [1.807, 2.05) is 35.2 Å². The van der Waals surface area contributed by atoms with Crippen molar-refractivity contribution in [2.75, 3.05) is 13.7 Å². The Labute approximate surface area is 136 Å². The first-order chi connectivity index (χ1) is 11.2. The maximum Gasteiger partial charge on any atom is 0.263 e. The highest BCUT2D eigenvalue weighted by Gasteiger charge is 2.25. The molecule has 1 aliphatic rings. The molecule has 0 saturated carbocycles. The molecule has 0 aliphatic carbocycles. The van der Waals surface area contributed by atoms with Crippen molar-refractivity contribution >= 4 is 5.91 Å². The van der Waals surface area contributed by atoms with Crippen LogP contribution in [0.4, 0.5) is 0 Å². The first-order valence-electron chi connectivity index (χ1n) is 7.83. The molecule has 1 heterocycles. The highest BCUT2D eigenvalue weighted by atomic mass is 16.5. The normalized spacial score (nSPS) is 14.8. The Bertz CT molecular complexity index is 699. The molecular weight excluding hydrogens is 290 g/mol. The fraction of sp³-hybridized carbons (Fsp3) is 0.316. The molecule has 4 heteroatoms. The van der Waals surface area contributed by atoms with Crippen molar-refractivity contribution in [2.45, 2.75) is 26.0 Å². The van der Waals surface area contributed by atoms with Crippen LogP contribution in [0, 0.1) is 0 Å². The third-order valence-electron chi connectivity index (χ3n) is 4.14. The van der Waals surface area contributed by atoms with Gasteiger partial charge in [-0.25, -0.2) is 0 Å². The number of hydrogen-bond donors (Lipinski definition) is 0. The Hall–Kier alpha value is -2.49. The van der Waals surface area contributed by atoms with Gasteiger partial charge >= 0.3 is 0 Å². The predicted molar refractivity (Wildman–Crippen MR) is 88.6 cm³/mol. The second kappa shape index (κ2) is 6.73. The smallest absolute Gasteiger partial charge is 0.263 e. The first kappa shape index (κ1) is 15.4. The van der Waals surface area contributed by atoms with E-state index >= 15 is 0 Å². The molecular formula is C19H21NO3. The maximum atomic E-state index is 12.6. The summed E-state index contributed by atoms with van der Waals surface area (Å²) in [4.78, 5) is 14.5. The van der Waals surface area contributed by atoms with Gasteiger partial charge in [-0.1, -0.05) is 30.3 Å². The molecule has 3 rings (SSSR count). The van der Waals surface area contributed by atoms with Crippen LogP contribution >= 0.6 is 0 Å². The van der Waals surface area contributed by atoms with Gasteiger partial charge in [0.2, 0.25) is 0 Å². The van der Waals surface area contributed by atoms with Crippen LogP contribution in [0.2, 0.25) is 0 Å². The standard InChI is InChI=1S/C19H21NO3/c1-14(23-18-9-5-8-17(12-18)22-2)19(21)20-11-10-15-6-3-4-7-16(15)13-20/h3-9,12,14H,10-11,13H2,1-2H3/t14-/m0/s1. The Morgan fingerprint density at radius 2 is 1.83 bits per heavy atom. The lowest BCUT2D eigenvalue weighted by Crippen LogP contribution is -2.43. The Kier molecular flexibility index (Phi) is 4.51. The molecule has 0 unspecified atom stereocenters. The monoisotopic (exact) mass is 311 g/mol. The van der Waals surface area contributed by atoms with Crippen LogP contribution < -0.4 is 9.47 Å². The first-order valence-corrected chi connectivity index (χ1v) is 7.83. The molecule has 0 aromatic heterocycles. The van der Waals surface area contributed by atoms with Crippen molar-refractivity contribution < 1.29 is 14.3 Å². The van der Waals surface area contributed by atoms with Gasteiger partial charge < -0.3 is 14.4 Å². The van der Waals surface area contributed by atoms with E-state index in [0.29, 0.717) is 18.0 Å². The Morgan fingerprint density at radius 3 is 2.61 bits per heavy atom. The van der Waals surface area contributed by atoms with Crippen LogP contribution in [0.5, 0.6) is 11.5 Å². The molecule has 1 atom stereocenters. The summed E-state index contributed by atoms with van der Waals surface area (Å²) < 4.78 is 11.0.